The number of nitrogens with zero attached hydrogens (tertiary/aromatic N) is 2. The van der Waals surface area contributed by atoms with Gasteiger partial charge in [-0.25, -0.2) is 9.59 Å². The first-order chi connectivity index (χ1) is 11.9. The zero-order valence-electron chi connectivity index (χ0n) is 12.7. The summed E-state index contributed by atoms with van der Waals surface area (Å²) in [5, 5.41) is 28.5. The molecule has 0 saturated carbocycles. The Morgan fingerprint density at radius 1 is 1.00 bits per heavy atom. The fourth-order valence-electron chi connectivity index (χ4n) is 1.92. The van der Waals surface area contributed by atoms with Crippen LogP contribution >= 0.6 is 0 Å². The van der Waals surface area contributed by atoms with Crippen LogP contribution in [0.2, 0.25) is 0 Å². The SMILES string of the molecule is O=C(O)c1cc(N=C/C=C/c2ccc([N+](=O)[O-])cc2)cc(C(=O)O)c1. The van der Waals surface area contributed by atoms with Gasteiger partial charge in [-0.05, 0) is 42.0 Å². The quantitative estimate of drug-likeness (QED) is 0.471. The van der Waals surface area contributed by atoms with Gasteiger partial charge in [0.25, 0.3) is 5.69 Å². The van der Waals surface area contributed by atoms with E-state index >= 15 is 0 Å². The molecule has 8 heteroatoms. The van der Waals surface area contributed by atoms with E-state index in [-0.39, 0.29) is 22.5 Å². The maximum atomic E-state index is 11.0. The Kier molecular flexibility index (Phi) is 5.36. The zero-order chi connectivity index (χ0) is 18.4. The van der Waals surface area contributed by atoms with Gasteiger partial charge in [0.05, 0.1) is 21.7 Å². The minimum absolute atomic E-state index is 0.0162. The molecule has 0 saturated heterocycles. The van der Waals surface area contributed by atoms with Gasteiger partial charge in [-0.2, -0.15) is 0 Å². The summed E-state index contributed by atoms with van der Waals surface area (Å²) in [5.74, 6) is -2.50. The smallest absolute Gasteiger partial charge is 0.335 e. The standard InChI is InChI=1S/C17H12N2O6/c20-16(21)12-8-13(17(22)23)10-14(9-12)18-7-1-2-11-3-5-15(6-4-11)19(24)25/h1-10H,(H,20,21)(H,22,23)/b2-1+,18-7?. The topological polar surface area (TPSA) is 130 Å². The third kappa shape index (κ3) is 4.83. The fourth-order valence-corrected chi connectivity index (χ4v) is 1.92. The van der Waals surface area contributed by atoms with Crippen LogP contribution in [0.25, 0.3) is 6.08 Å². The summed E-state index contributed by atoms with van der Waals surface area (Å²) >= 11 is 0. The zero-order valence-corrected chi connectivity index (χ0v) is 12.7. The molecule has 0 aliphatic heterocycles. The summed E-state index contributed by atoms with van der Waals surface area (Å²) in [7, 11) is 0. The summed E-state index contributed by atoms with van der Waals surface area (Å²) in [6.07, 6.45) is 4.56. The van der Waals surface area contributed by atoms with Crippen LogP contribution in [-0.4, -0.2) is 33.3 Å². The second-order valence-electron chi connectivity index (χ2n) is 4.86. The number of nitro groups is 1. The number of nitro benzene ring substituents is 1. The Bertz CT molecular complexity index is 852. The molecule has 0 fully saturated rings. The molecular weight excluding hydrogens is 328 g/mol. The Hall–Kier alpha value is -3.81. The third-order valence-corrected chi connectivity index (χ3v) is 3.11. The number of benzene rings is 2. The number of allylic oxidation sites excluding steroid dienone is 1. The lowest BCUT2D eigenvalue weighted by molar-refractivity contribution is -0.384. The van der Waals surface area contributed by atoms with Crippen molar-refractivity contribution in [2.75, 3.05) is 0 Å². The lowest BCUT2D eigenvalue weighted by Gasteiger charge is -2.00. The highest BCUT2D eigenvalue weighted by Gasteiger charge is 2.10. The van der Waals surface area contributed by atoms with Crippen molar-refractivity contribution >= 4 is 35.6 Å². The number of hydrogen-bond acceptors (Lipinski definition) is 5. The molecule has 0 heterocycles. The molecule has 0 bridgehead atoms. The van der Waals surface area contributed by atoms with E-state index in [9.17, 15) is 19.7 Å². The summed E-state index contributed by atoms with van der Waals surface area (Å²) in [5.41, 5.74) is 0.531. The van der Waals surface area contributed by atoms with Gasteiger partial charge in [0, 0.05) is 18.3 Å². The maximum absolute atomic E-state index is 11.0. The molecule has 0 aromatic heterocycles. The predicted octanol–water partition coefficient (Wildman–Crippen LogP) is 3.41. The summed E-state index contributed by atoms with van der Waals surface area (Å²) in [6, 6.07) is 9.43. The van der Waals surface area contributed by atoms with Crippen LogP contribution in [-0.2, 0) is 0 Å². The maximum Gasteiger partial charge on any atom is 0.335 e. The van der Waals surface area contributed by atoms with Crippen molar-refractivity contribution in [2.45, 2.75) is 0 Å². The van der Waals surface area contributed by atoms with Crippen molar-refractivity contribution in [3.63, 3.8) is 0 Å². The molecule has 2 aromatic rings. The molecule has 0 spiro atoms. The monoisotopic (exact) mass is 340 g/mol. The van der Waals surface area contributed by atoms with E-state index in [4.69, 9.17) is 10.2 Å². The Labute approximate surface area is 141 Å². The molecule has 126 valence electrons. The first-order valence-corrected chi connectivity index (χ1v) is 6.93. The molecule has 2 N–H and O–H groups in total. The van der Waals surface area contributed by atoms with Gasteiger partial charge in [0.1, 0.15) is 0 Å². The lowest BCUT2D eigenvalue weighted by atomic mass is 10.1. The van der Waals surface area contributed by atoms with E-state index in [2.05, 4.69) is 4.99 Å². The number of aromatic carboxylic acids is 2. The van der Waals surface area contributed by atoms with E-state index in [1.807, 2.05) is 0 Å². The number of aliphatic imine (C=N–C) groups is 1. The molecule has 2 rings (SSSR count). The van der Waals surface area contributed by atoms with Crippen molar-refractivity contribution in [1.29, 1.82) is 0 Å². The number of rotatable bonds is 6. The number of hydrogen-bond donors (Lipinski definition) is 2. The minimum atomic E-state index is -1.25. The van der Waals surface area contributed by atoms with Gasteiger partial charge >= 0.3 is 11.9 Å². The van der Waals surface area contributed by atoms with Crippen LogP contribution in [0.3, 0.4) is 0 Å². The minimum Gasteiger partial charge on any atom is -0.478 e. The van der Waals surface area contributed by atoms with Crippen molar-refractivity contribution < 1.29 is 24.7 Å². The highest BCUT2D eigenvalue weighted by atomic mass is 16.6. The Balaban J connectivity index is 2.17. The Morgan fingerprint density at radius 2 is 1.56 bits per heavy atom. The summed E-state index contributed by atoms with van der Waals surface area (Å²) in [4.78, 5) is 36.1. The van der Waals surface area contributed by atoms with Gasteiger partial charge in [-0.3, -0.25) is 15.1 Å². The van der Waals surface area contributed by atoms with Crippen molar-refractivity contribution in [3.8, 4) is 0 Å². The van der Waals surface area contributed by atoms with E-state index in [0.29, 0.717) is 5.56 Å². The second-order valence-corrected chi connectivity index (χ2v) is 4.86. The molecule has 8 nitrogen and oxygen atoms in total. The van der Waals surface area contributed by atoms with Gasteiger partial charge in [0.2, 0.25) is 0 Å². The van der Waals surface area contributed by atoms with Gasteiger partial charge in [-0.1, -0.05) is 6.08 Å². The van der Waals surface area contributed by atoms with Crippen molar-refractivity contribution in [1.82, 2.24) is 0 Å². The molecule has 0 aliphatic carbocycles. The Morgan fingerprint density at radius 3 is 2.04 bits per heavy atom. The van der Waals surface area contributed by atoms with E-state index < -0.39 is 16.9 Å². The molecule has 0 amide bonds. The number of carboxylic acids is 2. The first-order valence-electron chi connectivity index (χ1n) is 6.93. The lowest BCUT2D eigenvalue weighted by Crippen LogP contribution is -2.01. The van der Waals surface area contributed by atoms with Crippen LogP contribution in [0.15, 0.2) is 53.5 Å². The van der Waals surface area contributed by atoms with Crippen LogP contribution < -0.4 is 0 Å². The normalized spacial score (nSPS) is 11.0. The largest absolute Gasteiger partial charge is 0.478 e. The van der Waals surface area contributed by atoms with Crippen LogP contribution in [0.1, 0.15) is 26.3 Å². The van der Waals surface area contributed by atoms with Gasteiger partial charge in [0.15, 0.2) is 0 Å². The molecule has 2 aromatic carbocycles. The van der Waals surface area contributed by atoms with Gasteiger partial charge in [-0.15, -0.1) is 0 Å². The highest BCUT2D eigenvalue weighted by Crippen LogP contribution is 2.18. The summed E-state index contributed by atoms with van der Waals surface area (Å²) in [6.45, 7) is 0. The van der Waals surface area contributed by atoms with E-state index in [1.54, 1.807) is 24.3 Å². The summed E-state index contributed by atoms with van der Waals surface area (Å²) < 4.78 is 0. The number of non-ortho nitro benzene ring substituents is 1. The molecule has 0 radical (unpaired) electrons. The van der Waals surface area contributed by atoms with E-state index in [0.717, 1.165) is 6.07 Å². The van der Waals surface area contributed by atoms with Crippen molar-refractivity contribution in [3.05, 3.63) is 75.3 Å². The van der Waals surface area contributed by atoms with Crippen LogP contribution in [0.5, 0.6) is 0 Å². The first kappa shape index (κ1) is 17.5. The fraction of sp³-hybridized carbons (Fsp3) is 0. The number of carboxylic acid groups (broad SMARTS) is 2. The third-order valence-electron chi connectivity index (χ3n) is 3.11. The second kappa shape index (κ2) is 7.64. The van der Waals surface area contributed by atoms with Gasteiger partial charge < -0.3 is 10.2 Å². The number of carbonyl (C=O) groups is 2. The molecule has 0 aliphatic rings. The van der Waals surface area contributed by atoms with E-state index in [1.165, 1.54) is 30.5 Å². The molecular formula is C17H12N2O6. The average Bonchev–Trinajstić information content (AvgIpc) is 2.58. The van der Waals surface area contributed by atoms with Crippen LogP contribution in [0.4, 0.5) is 11.4 Å². The molecule has 0 atom stereocenters. The molecule has 0 unspecified atom stereocenters. The molecule has 25 heavy (non-hydrogen) atoms. The average molecular weight is 340 g/mol. The predicted molar refractivity (Wildman–Crippen MR) is 90.6 cm³/mol. The highest BCUT2D eigenvalue weighted by molar-refractivity contribution is 5.95. The van der Waals surface area contributed by atoms with Crippen LogP contribution in [0, 0.1) is 10.1 Å². The van der Waals surface area contributed by atoms with Crippen molar-refractivity contribution in [2.24, 2.45) is 4.99 Å².